The summed E-state index contributed by atoms with van der Waals surface area (Å²) in [7, 11) is 0. The van der Waals surface area contributed by atoms with Crippen LogP contribution in [0.5, 0.6) is 0 Å². The largest absolute Gasteiger partial charge is 0.294 e. The molecule has 1 heteroatoms. The molecular weight excluding hydrogens is 232 g/mol. The van der Waals surface area contributed by atoms with E-state index in [9.17, 15) is 4.79 Å². The van der Waals surface area contributed by atoms with Crippen molar-refractivity contribution in [3.8, 4) is 0 Å². The van der Waals surface area contributed by atoms with Gasteiger partial charge in [0, 0.05) is 12.0 Å². The zero-order valence-electron chi connectivity index (χ0n) is 12.7. The fourth-order valence-corrected chi connectivity index (χ4v) is 3.59. The van der Waals surface area contributed by atoms with E-state index in [0.717, 1.165) is 24.8 Å². The molecule has 0 heterocycles. The molecule has 0 fully saturated rings. The van der Waals surface area contributed by atoms with Gasteiger partial charge in [0.15, 0.2) is 5.78 Å². The van der Waals surface area contributed by atoms with Crippen LogP contribution in [0.4, 0.5) is 0 Å². The number of ketones is 1. The van der Waals surface area contributed by atoms with Crippen molar-refractivity contribution in [3.63, 3.8) is 0 Å². The Morgan fingerprint density at radius 2 is 1.89 bits per heavy atom. The van der Waals surface area contributed by atoms with E-state index in [-0.39, 0.29) is 0 Å². The lowest BCUT2D eigenvalue weighted by Gasteiger charge is -2.31. The molecule has 0 N–H and O–H groups in total. The van der Waals surface area contributed by atoms with Crippen LogP contribution >= 0.6 is 0 Å². The number of Topliss-reactive ketones (excluding diaryl/α,β-unsaturated/α-hetero) is 1. The zero-order valence-corrected chi connectivity index (χ0v) is 12.7. The number of benzene rings is 1. The van der Waals surface area contributed by atoms with Crippen LogP contribution in [0.3, 0.4) is 0 Å². The van der Waals surface area contributed by atoms with Gasteiger partial charge in [0.25, 0.3) is 0 Å². The molecule has 0 saturated carbocycles. The summed E-state index contributed by atoms with van der Waals surface area (Å²) in [6.45, 7) is 9.22. The maximum absolute atomic E-state index is 12.1. The summed E-state index contributed by atoms with van der Waals surface area (Å²) in [6.07, 6.45) is 4.03. The van der Waals surface area contributed by atoms with Gasteiger partial charge in [-0.05, 0) is 41.7 Å². The smallest absolute Gasteiger partial charge is 0.163 e. The maximum Gasteiger partial charge on any atom is 0.163 e. The first-order valence-corrected chi connectivity index (χ1v) is 7.71. The van der Waals surface area contributed by atoms with Gasteiger partial charge in [0.1, 0.15) is 0 Å². The Hall–Kier alpha value is -1.11. The Labute approximate surface area is 117 Å². The molecule has 2 rings (SSSR count). The zero-order chi connectivity index (χ0) is 14.0. The highest BCUT2D eigenvalue weighted by atomic mass is 16.1. The number of hydrogen-bond acceptors (Lipinski definition) is 1. The number of carbonyl (C=O) groups excluding carboxylic acids is 1. The fourth-order valence-electron chi connectivity index (χ4n) is 3.59. The molecule has 1 aromatic carbocycles. The van der Waals surface area contributed by atoms with Gasteiger partial charge < -0.3 is 0 Å². The molecule has 1 nitrogen and oxygen atoms in total. The third-order valence-electron chi connectivity index (χ3n) is 4.68. The van der Waals surface area contributed by atoms with E-state index < -0.39 is 0 Å². The standard InChI is InChI=1S/C18H26O/c1-5-13(4)18(12(2)3)16-10-6-9-15-14(16)8-7-11-17(15)19/h6,9-10,12-13,18H,5,7-8,11H2,1-4H3. The third-order valence-corrected chi connectivity index (χ3v) is 4.68. The Kier molecular flexibility index (Phi) is 4.44. The lowest BCUT2D eigenvalue weighted by atomic mass is 9.73. The van der Waals surface area contributed by atoms with Gasteiger partial charge in [-0.3, -0.25) is 4.79 Å². The van der Waals surface area contributed by atoms with Gasteiger partial charge in [-0.1, -0.05) is 52.3 Å². The minimum atomic E-state index is 0.342. The van der Waals surface area contributed by atoms with Gasteiger partial charge in [-0.15, -0.1) is 0 Å². The van der Waals surface area contributed by atoms with Crippen LogP contribution in [0, 0.1) is 11.8 Å². The molecule has 0 aliphatic heterocycles. The number of carbonyl (C=O) groups is 1. The van der Waals surface area contributed by atoms with E-state index >= 15 is 0 Å². The van der Waals surface area contributed by atoms with Crippen LogP contribution in [0.25, 0.3) is 0 Å². The SMILES string of the molecule is CCC(C)C(c1cccc2c1CCCC2=O)C(C)C. The predicted molar refractivity (Wildman–Crippen MR) is 80.7 cm³/mol. The summed E-state index contributed by atoms with van der Waals surface area (Å²) in [5.74, 6) is 2.21. The van der Waals surface area contributed by atoms with Crippen molar-refractivity contribution >= 4 is 5.78 Å². The molecule has 0 radical (unpaired) electrons. The summed E-state index contributed by atoms with van der Waals surface area (Å²) in [5.41, 5.74) is 3.78. The Balaban J connectivity index is 2.49. The topological polar surface area (TPSA) is 17.1 Å². The van der Waals surface area contributed by atoms with Gasteiger partial charge in [-0.2, -0.15) is 0 Å². The van der Waals surface area contributed by atoms with Crippen molar-refractivity contribution in [1.29, 1.82) is 0 Å². The van der Waals surface area contributed by atoms with Crippen molar-refractivity contribution in [2.24, 2.45) is 11.8 Å². The Morgan fingerprint density at radius 3 is 2.53 bits per heavy atom. The van der Waals surface area contributed by atoms with Gasteiger partial charge in [0.2, 0.25) is 0 Å². The summed E-state index contributed by atoms with van der Waals surface area (Å²) in [5, 5.41) is 0. The highest BCUT2D eigenvalue weighted by Crippen LogP contribution is 2.38. The van der Waals surface area contributed by atoms with Crippen molar-refractivity contribution in [2.75, 3.05) is 0 Å². The summed E-state index contributed by atoms with van der Waals surface area (Å²) < 4.78 is 0. The van der Waals surface area contributed by atoms with Gasteiger partial charge in [-0.25, -0.2) is 0 Å². The molecule has 0 spiro atoms. The van der Waals surface area contributed by atoms with Crippen molar-refractivity contribution in [3.05, 3.63) is 34.9 Å². The fraction of sp³-hybridized carbons (Fsp3) is 0.611. The molecule has 0 amide bonds. The van der Waals surface area contributed by atoms with Crippen LogP contribution in [-0.4, -0.2) is 5.78 Å². The van der Waals surface area contributed by atoms with Crippen LogP contribution in [-0.2, 0) is 6.42 Å². The van der Waals surface area contributed by atoms with Crippen molar-refractivity contribution < 1.29 is 4.79 Å². The van der Waals surface area contributed by atoms with E-state index in [1.54, 1.807) is 0 Å². The van der Waals surface area contributed by atoms with E-state index in [1.165, 1.54) is 17.5 Å². The molecule has 1 aliphatic rings. The summed E-state index contributed by atoms with van der Waals surface area (Å²) in [6, 6.07) is 6.36. The molecule has 19 heavy (non-hydrogen) atoms. The first-order chi connectivity index (χ1) is 9.06. The van der Waals surface area contributed by atoms with E-state index in [1.807, 2.05) is 6.07 Å². The summed E-state index contributed by atoms with van der Waals surface area (Å²) in [4.78, 5) is 12.1. The third kappa shape index (κ3) is 2.75. The average Bonchev–Trinajstić information content (AvgIpc) is 2.39. The molecule has 2 atom stereocenters. The lowest BCUT2D eigenvalue weighted by molar-refractivity contribution is 0.0972. The predicted octanol–water partition coefficient (Wildman–Crippen LogP) is 4.99. The second-order valence-corrected chi connectivity index (χ2v) is 6.31. The van der Waals surface area contributed by atoms with Gasteiger partial charge in [0.05, 0.1) is 0 Å². The molecule has 1 aromatic rings. The van der Waals surface area contributed by atoms with Crippen LogP contribution in [0.2, 0.25) is 0 Å². The highest BCUT2D eigenvalue weighted by molar-refractivity contribution is 5.98. The minimum absolute atomic E-state index is 0.342. The van der Waals surface area contributed by atoms with E-state index in [2.05, 4.69) is 39.8 Å². The number of rotatable bonds is 4. The average molecular weight is 258 g/mol. The monoisotopic (exact) mass is 258 g/mol. The highest BCUT2D eigenvalue weighted by Gasteiger charge is 2.27. The van der Waals surface area contributed by atoms with Crippen molar-refractivity contribution in [2.45, 2.75) is 59.3 Å². The minimum Gasteiger partial charge on any atom is -0.294 e. The molecular formula is C18H26O. The second kappa shape index (κ2) is 5.90. The Bertz CT molecular complexity index is 459. The van der Waals surface area contributed by atoms with Crippen molar-refractivity contribution in [1.82, 2.24) is 0 Å². The maximum atomic E-state index is 12.1. The molecule has 0 aromatic heterocycles. The molecule has 0 saturated heterocycles. The van der Waals surface area contributed by atoms with E-state index in [4.69, 9.17) is 0 Å². The number of hydrogen-bond donors (Lipinski definition) is 0. The van der Waals surface area contributed by atoms with Crippen LogP contribution < -0.4 is 0 Å². The normalized spacial score (nSPS) is 18.3. The quantitative estimate of drug-likeness (QED) is 0.743. The van der Waals surface area contributed by atoms with Crippen LogP contribution in [0.1, 0.15) is 74.4 Å². The first kappa shape index (κ1) is 14.3. The first-order valence-electron chi connectivity index (χ1n) is 7.71. The summed E-state index contributed by atoms with van der Waals surface area (Å²) >= 11 is 0. The van der Waals surface area contributed by atoms with E-state index in [0.29, 0.717) is 23.5 Å². The van der Waals surface area contributed by atoms with Crippen LogP contribution in [0.15, 0.2) is 18.2 Å². The Morgan fingerprint density at radius 1 is 1.16 bits per heavy atom. The van der Waals surface area contributed by atoms with Gasteiger partial charge >= 0.3 is 0 Å². The molecule has 2 unspecified atom stereocenters. The molecule has 1 aliphatic carbocycles. The molecule has 104 valence electrons. The lowest BCUT2D eigenvalue weighted by Crippen LogP contribution is -2.20. The molecule has 0 bridgehead atoms. The number of fused-ring (bicyclic) bond motifs is 1. The second-order valence-electron chi connectivity index (χ2n) is 6.31.